The fourth-order valence-electron chi connectivity index (χ4n) is 5.73. The van der Waals surface area contributed by atoms with E-state index >= 15 is 0 Å². The molecular weight excluding hydrogens is 458 g/mol. The molecule has 0 amide bonds. The molecule has 0 aromatic heterocycles. The maximum absolute atomic E-state index is 12.2. The van der Waals surface area contributed by atoms with Crippen LogP contribution in [0.15, 0.2) is 12.2 Å². The molecule has 0 heterocycles. The van der Waals surface area contributed by atoms with E-state index in [1.165, 1.54) is 57.8 Å². The van der Waals surface area contributed by atoms with Crippen LogP contribution >= 0.6 is 0 Å². The second kappa shape index (κ2) is 20.2. The van der Waals surface area contributed by atoms with Gasteiger partial charge in [0.2, 0.25) is 0 Å². The zero-order chi connectivity index (χ0) is 27.4. The average Bonchev–Trinajstić information content (AvgIpc) is 2.82. The van der Waals surface area contributed by atoms with Crippen molar-refractivity contribution in [1.29, 1.82) is 0 Å². The zero-order valence-electron chi connectivity index (χ0n) is 23.4. The van der Waals surface area contributed by atoms with Crippen LogP contribution in [0, 0.1) is 0 Å². The van der Waals surface area contributed by atoms with Gasteiger partial charge in [-0.2, -0.15) is 0 Å². The predicted molar refractivity (Wildman–Crippen MR) is 142 cm³/mol. The number of carbonyl (C=O) groups excluding carboxylic acids is 1. The van der Waals surface area contributed by atoms with Crippen molar-refractivity contribution in [2.45, 2.75) is 149 Å². The van der Waals surface area contributed by atoms with Gasteiger partial charge in [-0.1, -0.05) is 97.6 Å². The minimum atomic E-state index is -1.38. The van der Waals surface area contributed by atoms with Crippen molar-refractivity contribution >= 4 is 17.9 Å². The van der Waals surface area contributed by atoms with E-state index in [9.17, 15) is 29.7 Å². The molecule has 0 fully saturated rings. The molecule has 0 radical (unpaired) electrons. The lowest BCUT2D eigenvalue weighted by molar-refractivity contribution is -0.974. The van der Waals surface area contributed by atoms with Gasteiger partial charge in [-0.25, -0.2) is 9.59 Å². The molecule has 0 saturated heterocycles. The molecule has 0 bridgehead atoms. The van der Waals surface area contributed by atoms with E-state index in [1.807, 2.05) is 0 Å². The van der Waals surface area contributed by atoms with E-state index in [0.29, 0.717) is 12.8 Å². The maximum atomic E-state index is 12.2. The summed E-state index contributed by atoms with van der Waals surface area (Å²) in [6.45, 7) is 7.42. The Balaban J connectivity index is 4.95. The van der Waals surface area contributed by atoms with Gasteiger partial charge in [0.15, 0.2) is 12.1 Å². The zero-order valence-corrected chi connectivity index (χ0v) is 23.4. The molecule has 2 N–H and O–H groups in total. The number of aliphatic carboxylic acids is 3. The van der Waals surface area contributed by atoms with Gasteiger partial charge in [-0.15, -0.1) is 0 Å². The monoisotopic (exact) mass is 511 g/mol. The average molecular weight is 512 g/mol. The third-order valence-electron chi connectivity index (χ3n) is 7.55. The Morgan fingerprint density at radius 1 is 0.639 bits per heavy atom. The first-order chi connectivity index (χ1) is 17.2. The normalized spacial score (nSPS) is 15.9. The first-order valence-electron chi connectivity index (χ1n) is 14.4. The topological polar surface area (TPSA) is 115 Å². The molecule has 7 heteroatoms. The molecule has 3 unspecified atom stereocenters. The predicted octanol–water partition coefficient (Wildman–Crippen LogP) is 5.71. The van der Waals surface area contributed by atoms with E-state index in [2.05, 4.69) is 19.1 Å². The summed E-state index contributed by atoms with van der Waals surface area (Å²) in [6.07, 6.45) is 19.7. The van der Waals surface area contributed by atoms with Gasteiger partial charge in [0.05, 0.1) is 12.5 Å². The molecule has 0 aromatic rings. The molecule has 3 atom stereocenters. The van der Waals surface area contributed by atoms with Crippen LogP contribution in [0.3, 0.4) is 0 Å². The summed E-state index contributed by atoms with van der Waals surface area (Å²) in [5, 5.41) is 32.0. The third-order valence-corrected chi connectivity index (χ3v) is 7.55. The fraction of sp³-hybridized carbons (Fsp3) is 0.828. The summed E-state index contributed by atoms with van der Waals surface area (Å²) in [5.41, 5.74) is 0. The van der Waals surface area contributed by atoms with Crippen LogP contribution < -0.4 is 5.11 Å². The highest BCUT2D eigenvalue weighted by atomic mass is 16.4. The molecule has 0 aromatic carbocycles. The number of nitrogens with zero attached hydrogens (tertiary/aromatic N) is 1. The van der Waals surface area contributed by atoms with Crippen molar-refractivity contribution in [2.75, 3.05) is 6.54 Å². The Hall–Kier alpha value is -1.89. The van der Waals surface area contributed by atoms with Gasteiger partial charge in [0, 0.05) is 25.7 Å². The van der Waals surface area contributed by atoms with Crippen LogP contribution in [0.4, 0.5) is 0 Å². The van der Waals surface area contributed by atoms with Crippen LogP contribution in [0.5, 0.6) is 0 Å². The van der Waals surface area contributed by atoms with Crippen molar-refractivity contribution in [3.05, 3.63) is 12.2 Å². The van der Waals surface area contributed by atoms with Crippen molar-refractivity contribution < 1.29 is 34.2 Å². The first-order valence-corrected chi connectivity index (χ1v) is 14.4. The van der Waals surface area contributed by atoms with Crippen molar-refractivity contribution in [2.24, 2.45) is 0 Å². The van der Waals surface area contributed by atoms with Gasteiger partial charge < -0.3 is 20.1 Å². The molecular formula is C29H53NO6. The second-order valence-corrected chi connectivity index (χ2v) is 10.1. The molecule has 0 rings (SSSR count). The lowest BCUT2D eigenvalue weighted by Crippen LogP contribution is -2.73. The molecule has 0 aliphatic rings. The Kier molecular flexibility index (Phi) is 19.1. The highest BCUT2D eigenvalue weighted by Crippen LogP contribution is 2.32. The SMILES string of the molecule is CCCCCCCCCCCC/C=C/CCC[N+](C(CC)C(=O)[O-])(C(CC)C(=O)O)C(CC)C(=O)O. The summed E-state index contributed by atoms with van der Waals surface area (Å²) < 4.78 is -0.497. The van der Waals surface area contributed by atoms with Crippen molar-refractivity contribution in [3.8, 4) is 0 Å². The van der Waals surface area contributed by atoms with E-state index in [1.54, 1.807) is 20.8 Å². The van der Waals surface area contributed by atoms with E-state index in [0.717, 1.165) is 12.8 Å². The van der Waals surface area contributed by atoms with Crippen molar-refractivity contribution in [3.63, 3.8) is 0 Å². The van der Waals surface area contributed by atoms with Crippen LogP contribution in [0.25, 0.3) is 0 Å². The van der Waals surface area contributed by atoms with Gasteiger partial charge >= 0.3 is 11.9 Å². The summed E-state index contributed by atoms with van der Waals surface area (Å²) in [6, 6.07) is -3.43. The quantitative estimate of drug-likeness (QED) is 0.0975. The molecule has 210 valence electrons. The van der Waals surface area contributed by atoms with Crippen molar-refractivity contribution in [1.82, 2.24) is 0 Å². The van der Waals surface area contributed by atoms with Crippen LogP contribution in [0.1, 0.15) is 130 Å². The summed E-state index contributed by atoms with van der Waals surface area (Å²) in [5.74, 6) is -3.70. The summed E-state index contributed by atoms with van der Waals surface area (Å²) in [7, 11) is 0. The molecule has 0 saturated carbocycles. The maximum Gasteiger partial charge on any atom is 0.362 e. The molecule has 0 aliphatic heterocycles. The van der Waals surface area contributed by atoms with E-state index < -0.39 is 40.5 Å². The Morgan fingerprint density at radius 2 is 1.03 bits per heavy atom. The number of rotatable bonds is 24. The Labute approximate surface area is 219 Å². The Bertz CT molecular complexity index is 593. The van der Waals surface area contributed by atoms with Gasteiger partial charge in [0.1, 0.15) is 6.04 Å². The number of quaternary nitrogens is 1. The van der Waals surface area contributed by atoms with Gasteiger partial charge in [-0.05, 0) is 19.3 Å². The minimum absolute atomic E-state index is 0.116. The van der Waals surface area contributed by atoms with Gasteiger partial charge in [0.25, 0.3) is 0 Å². The lowest BCUT2D eigenvalue weighted by Gasteiger charge is -2.51. The molecule has 36 heavy (non-hydrogen) atoms. The lowest BCUT2D eigenvalue weighted by atomic mass is 9.94. The van der Waals surface area contributed by atoms with E-state index in [4.69, 9.17) is 0 Å². The number of hydrogen-bond acceptors (Lipinski definition) is 4. The highest BCUT2D eigenvalue weighted by Gasteiger charge is 2.53. The number of carboxylic acid groups (broad SMARTS) is 3. The number of unbranched alkanes of at least 4 members (excludes halogenated alkanes) is 11. The summed E-state index contributed by atoms with van der Waals surface area (Å²) in [4.78, 5) is 36.5. The first kappa shape index (κ1) is 34.1. The largest absolute Gasteiger partial charge is 0.544 e. The Morgan fingerprint density at radius 3 is 1.39 bits per heavy atom. The third kappa shape index (κ3) is 11.4. The number of allylic oxidation sites excluding steroid dienone is 2. The standard InChI is InChI=1S/C29H53NO6/c1-5-9-10-11-12-13-14-15-16-17-18-19-20-21-22-23-30(24(6-2)27(31)32,25(7-3)28(33)34)26(8-4)29(35)36/h19-20,24-26H,5-18,21-23H2,1-4H3,(H2-,31,32,33,34,35,36)/b20-19+. The van der Waals surface area contributed by atoms with Crippen LogP contribution in [-0.2, 0) is 14.4 Å². The number of carboxylic acids is 3. The minimum Gasteiger partial charge on any atom is -0.544 e. The second-order valence-electron chi connectivity index (χ2n) is 10.1. The summed E-state index contributed by atoms with van der Waals surface area (Å²) >= 11 is 0. The highest BCUT2D eigenvalue weighted by molar-refractivity contribution is 5.77. The number of hydrogen-bond donors (Lipinski definition) is 2. The fourth-order valence-corrected chi connectivity index (χ4v) is 5.73. The smallest absolute Gasteiger partial charge is 0.362 e. The van der Waals surface area contributed by atoms with Gasteiger partial charge in [-0.3, -0.25) is 4.48 Å². The van der Waals surface area contributed by atoms with E-state index in [-0.39, 0.29) is 25.8 Å². The molecule has 0 aliphatic carbocycles. The molecule has 0 spiro atoms. The number of carbonyl (C=O) groups is 3. The van der Waals surface area contributed by atoms with Crippen LogP contribution in [-0.4, -0.2) is 57.3 Å². The van der Waals surface area contributed by atoms with Crippen LogP contribution in [0.2, 0.25) is 0 Å². The molecule has 7 nitrogen and oxygen atoms in total.